The Labute approximate surface area is 264 Å². The largest absolute Gasteiger partial charge is 0.0622 e. The summed E-state index contributed by atoms with van der Waals surface area (Å²) in [5.41, 5.74) is 13.1. The lowest BCUT2D eigenvalue weighted by atomic mass is 9.78. The van der Waals surface area contributed by atoms with Crippen LogP contribution in [-0.4, -0.2) is 0 Å². The summed E-state index contributed by atoms with van der Waals surface area (Å²) in [6.07, 6.45) is 0. The molecule has 0 fully saturated rings. The zero-order chi connectivity index (χ0) is 30.1. The van der Waals surface area contributed by atoms with Gasteiger partial charge in [-0.1, -0.05) is 166 Å². The van der Waals surface area contributed by atoms with Crippen molar-refractivity contribution in [2.75, 3.05) is 0 Å². The van der Waals surface area contributed by atoms with E-state index in [0.29, 0.717) is 0 Å². The molecule has 0 saturated heterocycles. The van der Waals surface area contributed by atoms with E-state index < -0.39 is 0 Å². The van der Waals surface area contributed by atoms with E-state index in [-0.39, 0.29) is 5.41 Å². The Hall–Kier alpha value is -5.46. The Morgan fingerprint density at radius 2 is 0.867 bits per heavy atom. The third kappa shape index (κ3) is 3.79. The second-order valence-electron chi connectivity index (χ2n) is 12.9. The number of rotatable bonds is 3. The van der Waals surface area contributed by atoms with Gasteiger partial charge in [0.05, 0.1) is 0 Å². The molecule has 0 heteroatoms. The van der Waals surface area contributed by atoms with Crippen LogP contribution in [0.3, 0.4) is 0 Å². The van der Waals surface area contributed by atoms with Gasteiger partial charge in [-0.15, -0.1) is 0 Å². The van der Waals surface area contributed by atoms with Crippen molar-refractivity contribution < 1.29 is 0 Å². The van der Waals surface area contributed by atoms with Gasteiger partial charge in [-0.3, -0.25) is 0 Å². The first-order valence-electron chi connectivity index (χ1n) is 15.9. The lowest BCUT2D eigenvalue weighted by Crippen LogP contribution is -2.16. The van der Waals surface area contributed by atoms with Crippen molar-refractivity contribution in [2.45, 2.75) is 19.3 Å². The molecular formula is C45H32. The fourth-order valence-corrected chi connectivity index (χ4v) is 8.09. The molecule has 0 bridgehead atoms. The van der Waals surface area contributed by atoms with E-state index in [0.717, 1.165) is 0 Å². The third-order valence-electron chi connectivity index (χ3n) is 10.0. The van der Waals surface area contributed by atoms with Crippen LogP contribution in [0.4, 0.5) is 0 Å². The highest BCUT2D eigenvalue weighted by molar-refractivity contribution is 6.21. The molecule has 0 radical (unpaired) electrons. The maximum atomic E-state index is 2.42. The molecule has 0 aliphatic heterocycles. The lowest BCUT2D eigenvalue weighted by Gasteiger charge is -2.25. The van der Waals surface area contributed by atoms with Crippen molar-refractivity contribution >= 4 is 32.3 Å². The smallest absolute Gasteiger partial charge is 0.0165 e. The molecule has 0 atom stereocenters. The molecule has 1 aliphatic rings. The topological polar surface area (TPSA) is 0 Å². The molecule has 0 aromatic heterocycles. The van der Waals surface area contributed by atoms with Gasteiger partial charge in [0.2, 0.25) is 0 Å². The van der Waals surface area contributed by atoms with E-state index in [1.165, 1.54) is 88.0 Å². The summed E-state index contributed by atoms with van der Waals surface area (Å²) in [6, 6.07) is 58.2. The minimum atomic E-state index is -0.113. The molecule has 0 nitrogen and oxygen atoms in total. The van der Waals surface area contributed by atoms with Gasteiger partial charge < -0.3 is 0 Å². The van der Waals surface area contributed by atoms with E-state index in [2.05, 4.69) is 172 Å². The van der Waals surface area contributed by atoms with Crippen LogP contribution in [0.25, 0.3) is 76.8 Å². The van der Waals surface area contributed by atoms with Crippen LogP contribution in [-0.2, 0) is 5.41 Å². The molecular weight excluding hydrogens is 540 g/mol. The predicted octanol–water partition coefficient (Wildman–Crippen LogP) is 12.5. The lowest BCUT2D eigenvalue weighted by molar-refractivity contribution is 0.662. The molecule has 0 spiro atoms. The highest BCUT2D eigenvalue weighted by Crippen LogP contribution is 2.54. The fraction of sp³-hybridized carbons (Fsp3) is 0.0667. The molecule has 9 rings (SSSR count). The van der Waals surface area contributed by atoms with Gasteiger partial charge in [0.15, 0.2) is 0 Å². The van der Waals surface area contributed by atoms with Gasteiger partial charge in [-0.25, -0.2) is 0 Å². The average Bonchev–Trinajstić information content (AvgIpc) is 3.34. The second-order valence-corrected chi connectivity index (χ2v) is 12.9. The molecule has 0 heterocycles. The van der Waals surface area contributed by atoms with Crippen LogP contribution < -0.4 is 0 Å². The monoisotopic (exact) mass is 572 g/mol. The maximum absolute atomic E-state index is 2.42. The van der Waals surface area contributed by atoms with Crippen molar-refractivity contribution in [1.82, 2.24) is 0 Å². The number of hydrogen-bond acceptors (Lipinski definition) is 0. The molecule has 8 aromatic rings. The third-order valence-corrected chi connectivity index (χ3v) is 10.0. The molecule has 0 amide bonds. The van der Waals surface area contributed by atoms with E-state index in [1.54, 1.807) is 0 Å². The minimum Gasteiger partial charge on any atom is -0.0622 e. The highest BCUT2D eigenvalue weighted by atomic mass is 14.4. The fourth-order valence-electron chi connectivity index (χ4n) is 8.09. The van der Waals surface area contributed by atoms with Gasteiger partial charge in [0.25, 0.3) is 0 Å². The Kier molecular flexibility index (Phi) is 5.64. The van der Waals surface area contributed by atoms with Crippen molar-refractivity contribution in [3.63, 3.8) is 0 Å². The minimum absolute atomic E-state index is 0.113. The normalized spacial score (nSPS) is 13.3. The van der Waals surface area contributed by atoms with E-state index in [9.17, 15) is 0 Å². The molecule has 1 aliphatic carbocycles. The van der Waals surface area contributed by atoms with Gasteiger partial charge >= 0.3 is 0 Å². The first kappa shape index (κ1) is 26.0. The van der Waals surface area contributed by atoms with Crippen molar-refractivity contribution in [2.24, 2.45) is 0 Å². The van der Waals surface area contributed by atoms with Crippen LogP contribution in [0.2, 0.25) is 0 Å². The average molecular weight is 573 g/mol. The zero-order valence-electron chi connectivity index (χ0n) is 25.5. The summed E-state index contributed by atoms with van der Waals surface area (Å²) >= 11 is 0. The Morgan fingerprint density at radius 3 is 1.56 bits per heavy atom. The molecule has 0 N–H and O–H groups in total. The highest BCUT2D eigenvalue weighted by Gasteiger charge is 2.38. The molecule has 45 heavy (non-hydrogen) atoms. The van der Waals surface area contributed by atoms with E-state index in [4.69, 9.17) is 0 Å². The molecule has 8 aromatic carbocycles. The summed E-state index contributed by atoms with van der Waals surface area (Å²) in [4.78, 5) is 0. The molecule has 212 valence electrons. The van der Waals surface area contributed by atoms with Crippen LogP contribution in [0.1, 0.15) is 25.0 Å². The standard InChI is InChI=1S/C45H32/c1-45(2)40-27-26-29-14-6-7-19-33(29)43(40)39-25-13-24-34(44(39)45)31-17-12-18-32(28-31)42-37-22-10-8-20-35(37)41(30-15-4-3-5-16-30)36-21-9-11-23-38(36)42/h3-28H,1-2H3. The predicted molar refractivity (Wildman–Crippen MR) is 193 cm³/mol. The molecule has 0 saturated carbocycles. The first-order chi connectivity index (χ1) is 22.1. The maximum Gasteiger partial charge on any atom is 0.0165 e. The van der Waals surface area contributed by atoms with Crippen molar-refractivity contribution in [1.29, 1.82) is 0 Å². The Balaban J connectivity index is 1.30. The second kappa shape index (κ2) is 9.78. The summed E-state index contributed by atoms with van der Waals surface area (Å²) in [6.45, 7) is 4.78. The van der Waals surface area contributed by atoms with Gasteiger partial charge in [0, 0.05) is 5.41 Å². The summed E-state index contributed by atoms with van der Waals surface area (Å²) < 4.78 is 0. The van der Waals surface area contributed by atoms with Gasteiger partial charge in [-0.05, 0) is 94.0 Å². The van der Waals surface area contributed by atoms with Crippen LogP contribution >= 0.6 is 0 Å². The van der Waals surface area contributed by atoms with Gasteiger partial charge in [0.1, 0.15) is 0 Å². The summed E-state index contributed by atoms with van der Waals surface area (Å²) in [7, 11) is 0. The van der Waals surface area contributed by atoms with Gasteiger partial charge in [-0.2, -0.15) is 0 Å². The zero-order valence-corrected chi connectivity index (χ0v) is 25.5. The summed E-state index contributed by atoms with van der Waals surface area (Å²) in [5.74, 6) is 0. The number of hydrogen-bond donors (Lipinski definition) is 0. The van der Waals surface area contributed by atoms with E-state index in [1.807, 2.05) is 0 Å². The van der Waals surface area contributed by atoms with Crippen LogP contribution in [0.5, 0.6) is 0 Å². The first-order valence-corrected chi connectivity index (χ1v) is 15.9. The van der Waals surface area contributed by atoms with Crippen LogP contribution in [0.15, 0.2) is 158 Å². The van der Waals surface area contributed by atoms with Crippen molar-refractivity contribution in [3.05, 3.63) is 169 Å². The van der Waals surface area contributed by atoms with Crippen molar-refractivity contribution in [3.8, 4) is 44.5 Å². The summed E-state index contributed by atoms with van der Waals surface area (Å²) in [5, 5.41) is 7.77. The quantitative estimate of drug-likeness (QED) is 0.185. The Morgan fingerprint density at radius 1 is 0.356 bits per heavy atom. The number of benzene rings is 8. The number of fused-ring (bicyclic) bond motifs is 7. The van der Waals surface area contributed by atoms with E-state index >= 15 is 0 Å². The SMILES string of the molecule is CC1(C)c2ccc3ccccc3c2-c2cccc(-c3cccc(-c4c5ccccc5c(-c5ccccc5)c5ccccc45)c3)c21. The Bertz CT molecular complexity index is 2390. The van der Waals surface area contributed by atoms with Crippen LogP contribution in [0, 0.1) is 0 Å². The molecule has 0 unspecified atom stereocenters.